The average molecular weight is 409 g/mol. The lowest BCUT2D eigenvalue weighted by atomic mass is 10.2. The second-order valence-corrected chi connectivity index (χ2v) is 7.63. The van der Waals surface area contributed by atoms with E-state index >= 15 is 0 Å². The molecule has 2 heterocycles. The third-order valence-corrected chi connectivity index (χ3v) is 5.60. The molecule has 1 aliphatic heterocycles. The van der Waals surface area contributed by atoms with Gasteiger partial charge in [0.05, 0.1) is 26.8 Å². The van der Waals surface area contributed by atoms with Crippen LogP contribution in [0.5, 0.6) is 17.2 Å². The molecule has 1 aliphatic rings. The van der Waals surface area contributed by atoms with Crippen LogP contribution in [0.2, 0.25) is 0 Å². The smallest absolute Gasteiger partial charge is 0.272 e. The molecule has 0 bridgehead atoms. The number of amides is 1. The lowest BCUT2D eigenvalue weighted by Gasteiger charge is -2.18. The minimum atomic E-state index is -0.239. The monoisotopic (exact) mass is 409 g/mol. The van der Waals surface area contributed by atoms with Gasteiger partial charge in [0, 0.05) is 35.9 Å². The molecule has 0 spiro atoms. The van der Waals surface area contributed by atoms with E-state index < -0.39 is 0 Å². The summed E-state index contributed by atoms with van der Waals surface area (Å²) in [5.74, 6) is 2.14. The zero-order valence-corrected chi connectivity index (χ0v) is 17.7. The molecule has 7 nitrogen and oxygen atoms in total. The number of hydrogen-bond acceptors (Lipinski definition) is 5. The summed E-state index contributed by atoms with van der Waals surface area (Å²) < 4.78 is 16.3. The van der Waals surface area contributed by atoms with Crippen molar-refractivity contribution in [1.29, 1.82) is 0 Å². The molecule has 3 aromatic rings. The van der Waals surface area contributed by atoms with E-state index in [-0.39, 0.29) is 5.91 Å². The zero-order chi connectivity index (χ0) is 21.3. The van der Waals surface area contributed by atoms with Crippen molar-refractivity contribution in [1.82, 2.24) is 4.98 Å². The van der Waals surface area contributed by atoms with Gasteiger partial charge in [-0.25, -0.2) is 0 Å². The Morgan fingerprint density at radius 2 is 1.80 bits per heavy atom. The van der Waals surface area contributed by atoms with Gasteiger partial charge in [-0.2, -0.15) is 0 Å². The third-order valence-electron chi connectivity index (χ3n) is 5.60. The first-order valence-electron chi connectivity index (χ1n) is 10.0. The van der Waals surface area contributed by atoms with Crippen LogP contribution in [0, 0.1) is 5.92 Å². The van der Waals surface area contributed by atoms with E-state index in [1.807, 2.05) is 12.1 Å². The number of nitrogens with zero attached hydrogens (tertiary/aromatic N) is 1. The molecular formula is C23H27N3O4. The maximum atomic E-state index is 12.9. The zero-order valence-electron chi connectivity index (χ0n) is 17.7. The summed E-state index contributed by atoms with van der Waals surface area (Å²) in [5.41, 5.74) is 2.99. The first kappa shape index (κ1) is 19.9. The van der Waals surface area contributed by atoms with Gasteiger partial charge in [-0.3, -0.25) is 4.79 Å². The molecule has 1 atom stereocenters. The van der Waals surface area contributed by atoms with Crippen molar-refractivity contribution in [3.8, 4) is 17.2 Å². The highest BCUT2D eigenvalue weighted by molar-refractivity contribution is 6.08. The number of nitrogens with one attached hydrogen (secondary N) is 2. The first-order chi connectivity index (χ1) is 14.5. The van der Waals surface area contributed by atoms with Crippen LogP contribution in [-0.2, 0) is 0 Å². The van der Waals surface area contributed by atoms with Crippen LogP contribution in [0.3, 0.4) is 0 Å². The average Bonchev–Trinajstić information content (AvgIpc) is 3.40. The number of aromatic amines is 1. The fraction of sp³-hybridized carbons (Fsp3) is 0.348. The van der Waals surface area contributed by atoms with Crippen LogP contribution >= 0.6 is 0 Å². The number of carbonyl (C=O) groups is 1. The maximum absolute atomic E-state index is 12.9. The Hall–Kier alpha value is -3.35. The topological polar surface area (TPSA) is 75.8 Å². The van der Waals surface area contributed by atoms with E-state index in [0.29, 0.717) is 28.5 Å². The molecule has 2 aromatic carbocycles. The van der Waals surface area contributed by atoms with Gasteiger partial charge in [-0.15, -0.1) is 0 Å². The van der Waals surface area contributed by atoms with E-state index in [1.165, 1.54) is 12.1 Å². The van der Waals surface area contributed by atoms with Crippen molar-refractivity contribution in [3.05, 3.63) is 42.1 Å². The quantitative estimate of drug-likeness (QED) is 0.635. The van der Waals surface area contributed by atoms with Gasteiger partial charge in [-0.1, -0.05) is 6.92 Å². The summed E-state index contributed by atoms with van der Waals surface area (Å²) >= 11 is 0. The van der Waals surface area contributed by atoms with E-state index in [4.69, 9.17) is 14.2 Å². The molecule has 1 aromatic heterocycles. The Kier molecular flexibility index (Phi) is 5.44. The fourth-order valence-corrected chi connectivity index (χ4v) is 3.98. The molecule has 0 radical (unpaired) electrons. The van der Waals surface area contributed by atoms with Gasteiger partial charge < -0.3 is 29.4 Å². The number of ether oxygens (including phenoxy) is 3. The molecule has 0 saturated carbocycles. The van der Waals surface area contributed by atoms with Crippen LogP contribution in [0.4, 0.5) is 11.4 Å². The molecule has 1 fully saturated rings. The Bertz CT molecular complexity index is 1060. The molecule has 4 rings (SSSR count). The highest BCUT2D eigenvalue weighted by atomic mass is 16.5. The van der Waals surface area contributed by atoms with Crippen molar-refractivity contribution in [2.75, 3.05) is 44.6 Å². The number of fused-ring (bicyclic) bond motifs is 1. The number of hydrogen-bond donors (Lipinski definition) is 2. The van der Waals surface area contributed by atoms with Gasteiger partial charge in [-0.05, 0) is 42.7 Å². The first-order valence-corrected chi connectivity index (χ1v) is 10.0. The molecule has 7 heteroatoms. The van der Waals surface area contributed by atoms with Crippen molar-refractivity contribution in [2.45, 2.75) is 13.3 Å². The number of anilines is 2. The van der Waals surface area contributed by atoms with E-state index in [1.54, 1.807) is 33.5 Å². The third kappa shape index (κ3) is 3.63. The Labute approximate surface area is 175 Å². The maximum Gasteiger partial charge on any atom is 0.272 e. The molecule has 30 heavy (non-hydrogen) atoms. The van der Waals surface area contributed by atoms with Crippen LogP contribution in [0.15, 0.2) is 36.4 Å². The molecule has 158 valence electrons. The van der Waals surface area contributed by atoms with Crippen LogP contribution < -0.4 is 24.4 Å². The van der Waals surface area contributed by atoms with Crippen LogP contribution in [0.25, 0.3) is 10.9 Å². The Morgan fingerprint density at radius 1 is 1.07 bits per heavy atom. The second-order valence-electron chi connectivity index (χ2n) is 7.63. The van der Waals surface area contributed by atoms with Crippen molar-refractivity contribution < 1.29 is 19.0 Å². The summed E-state index contributed by atoms with van der Waals surface area (Å²) in [6, 6.07) is 11.5. The van der Waals surface area contributed by atoms with E-state index in [2.05, 4.69) is 34.3 Å². The molecule has 2 N–H and O–H groups in total. The Morgan fingerprint density at radius 3 is 2.40 bits per heavy atom. The number of benzene rings is 2. The highest BCUT2D eigenvalue weighted by Crippen LogP contribution is 2.41. The SMILES string of the molecule is COc1cc(OC)c2cc(C(=O)Nc3ccc(N4CCC(C)C4)cc3)[nH]c2c1OC. The predicted octanol–water partition coefficient (Wildman–Crippen LogP) is 4.29. The molecule has 1 unspecified atom stereocenters. The standard InChI is InChI=1S/C23H27N3O4/c1-14-9-10-26(13-14)16-7-5-15(6-8-16)24-23(27)18-11-17-19(28-2)12-20(29-3)22(30-4)21(17)25-18/h5-8,11-12,14,25H,9-10,13H2,1-4H3,(H,24,27). The van der Waals surface area contributed by atoms with E-state index in [0.717, 1.165) is 30.1 Å². The molecule has 1 amide bonds. The fourth-order valence-electron chi connectivity index (χ4n) is 3.98. The Balaban J connectivity index is 1.57. The van der Waals surface area contributed by atoms with Gasteiger partial charge in [0.25, 0.3) is 5.91 Å². The van der Waals surface area contributed by atoms with Crippen molar-refractivity contribution in [3.63, 3.8) is 0 Å². The highest BCUT2D eigenvalue weighted by Gasteiger charge is 2.21. The summed E-state index contributed by atoms with van der Waals surface area (Å²) in [6.45, 7) is 4.43. The molecular weight excluding hydrogens is 382 g/mol. The van der Waals surface area contributed by atoms with Crippen LogP contribution in [-0.4, -0.2) is 45.3 Å². The lowest BCUT2D eigenvalue weighted by Crippen LogP contribution is -2.19. The summed E-state index contributed by atoms with van der Waals surface area (Å²) in [6.07, 6.45) is 1.22. The number of H-pyrrole nitrogens is 1. The van der Waals surface area contributed by atoms with Gasteiger partial charge in [0.2, 0.25) is 0 Å². The largest absolute Gasteiger partial charge is 0.496 e. The van der Waals surface area contributed by atoms with Gasteiger partial charge in [0.1, 0.15) is 11.4 Å². The van der Waals surface area contributed by atoms with Crippen molar-refractivity contribution >= 4 is 28.2 Å². The van der Waals surface area contributed by atoms with E-state index in [9.17, 15) is 4.79 Å². The summed E-state index contributed by atoms with van der Waals surface area (Å²) in [5, 5.41) is 3.70. The summed E-state index contributed by atoms with van der Waals surface area (Å²) in [4.78, 5) is 18.4. The second kappa shape index (κ2) is 8.18. The van der Waals surface area contributed by atoms with Crippen molar-refractivity contribution in [2.24, 2.45) is 5.92 Å². The van der Waals surface area contributed by atoms with Gasteiger partial charge in [0.15, 0.2) is 11.5 Å². The van der Waals surface area contributed by atoms with Gasteiger partial charge >= 0.3 is 0 Å². The van der Waals surface area contributed by atoms with Crippen LogP contribution in [0.1, 0.15) is 23.8 Å². The number of aromatic nitrogens is 1. The number of methoxy groups -OCH3 is 3. The predicted molar refractivity (Wildman–Crippen MR) is 118 cm³/mol. The lowest BCUT2D eigenvalue weighted by molar-refractivity contribution is 0.102. The number of carbonyl (C=O) groups excluding carboxylic acids is 1. The minimum Gasteiger partial charge on any atom is -0.496 e. The summed E-state index contributed by atoms with van der Waals surface area (Å²) in [7, 11) is 4.70. The molecule has 0 aliphatic carbocycles. The number of rotatable bonds is 6. The minimum absolute atomic E-state index is 0.239. The normalized spacial score (nSPS) is 16.0. The molecule has 1 saturated heterocycles.